The number of sulfonamides is 1. The van der Waals surface area contributed by atoms with E-state index in [0.717, 1.165) is 12.8 Å². The average molecular weight is 256 g/mol. The summed E-state index contributed by atoms with van der Waals surface area (Å²) in [6, 6.07) is 0. The summed E-state index contributed by atoms with van der Waals surface area (Å²) in [5.74, 6) is 0.593. The number of rotatable bonds is 5. The Bertz CT molecular complexity index is 281. The molecule has 0 amide bonds. The molecule has 1 saturated heterocycles. The largest absolute Gasteiger partial charge is 0.396 e. The van der Waals surface area contributed by atoms with Crippen molar-refractivity contribution < 1.29 is 13.5 Å². The molecular weight excluding hydrogens is 238 g/mol. The van der Waals surface area contributed by atoms with Gasteiger partial charge in [0.2, 0.25) is 10.0 Å². The molecule has 0 aliphatic carbocycles. The van der Waals surface area contributed by atoms with Gasteiger partial charge < -0.3 is 5.11 Å². The Balaban J connectivity index is 2.54. The van der Waals surface area contributed by atoms with E-state index in [1.54, 1.807) is 0 Å². The van der Waals surface area contributed by atoms with Crippen LogP contribution in [0.15, 0.2) is 0 Å². The third-order valence-corrected chi connectivity index (χ3v) is 4.86. The second-order valence-electron chi connectivity index (χ2n) is 3.91. The van der Waals surface area contributed by atoms with Gasteiger partial charge in [0.25, 0.3) is 0 Å². The van der Waals surface area contributed by atoms with Crippen LogP contribution in [0.5, 0.6) is 0 Å². The Morgan fingerprint density at radius 3 is 2.80 bits per heavy atom. The van der Waals surface area contributed by atoms with Crippen molar-refractivity contribution in [3.63, 3.8) is 0 Å². The molecule has 4 nitrogen and oxygen atoms in total. The lowest BCUT2D eigenvalue weighted by molar-refractivity contribution is 0.165. The van der Waals surface area contributed by atoms with Gasteiger partial charge in [-0.15, -0.1) is 11.6 Å². The zero-order valence-electron chi connectivity index (χ0n) is 8.73. The van der Waals surface area contributed by atoms with Crippen molar-refractivity contribution in [1.29, 1.82) is 0 Å². The summed E-state index contributed by atoms with van der Waals surface area (Å²) in [4.78, 5) is 0. The van der Waals surface area contributed by atoms with E-state index in [9.17, 15) is 8.42 Å². The predicted molar refractivity (Wildman–Crippen MR) is 60.5 cm³/mol. The highest BCUT2D eigenvalue weighted by Crippen LogP contribution is 2.19. The third-order valence-electron chi connectivity index (χ3n) is 2.67. The lowest BCUT2D eigenvalue weighted by Crippen LogP contribution is -2.42. The Labute approximate surface area is 96.3 Å². The quantitative estimate of drug-likeness (QED) is 0.734. The van der Waals surface area contributed by atoms with Crippen molar-refractivity contribution in [3.8, 4) is 0 Å². The van der Waals surface area contributed by atoms with Crippen LogP contribution >= 0.6 is 11.6 Å². The normalized spacial score (nSPS) is 24.3. The van der Waals surface area contributed by atoms with Crippen LogP contribution in [0.4, 0.5) is 0 Å². The maximum Gasteiger partial charge on any atom is 0.214 e. The van der Waals surface area contributed by atoms with E-state index < -0.39 is 10.0 Å². The SMILES string of the molecule is O=S(=O)(CCCCl)N1CCCC(CO)C1. The van der Waals surface area contributed by atoms with E-state index in [4.69, 9.17) is 16.7 Å². The first kappa shape index (κ1) is 13.2. The van der Waals surface area contributed by atoms with Crippen LogP contribution in [0.2, 0.25) is 0 Å². The van der Waals surface area contributed by atoms with Crippen molar-refractivity contribution in [2.75, 3.05) is 31.3 Å². The lowest BCUT2D eigenvalue weighted by atomic mass is 10.0. The summed E-state index contributed by atoms with van der Waals surface area (Å²) < 4.78 is 25.1. The molecule has 1 N–H and O–H groups in total. The highest BCUT2D eigenvalue weighted by atomic mass is 35.5. The highest BCUT2D eigenvalue weighted by molar-refractivity contribution is 7.89. The molecule has 1 heterocycles. The second kappa shape index (κ2) is 6.03. The molecule has 1 fully saturated rings. The molecule has 0 aromatic heterocycles. The number of alkyl halides is 1. The molecule has 1 aliphatic heterocycles. The summed E-state index contributed by atoms with van der Waals surface area (Å²) in [5, 5.41) is 9.01. The molecule has 0 saturated carbocycles. The molecule has 6 heteroatoms. The van der Waals surface area contributed by atoms with E-state index in [1.165, 1.54) is 4.31 Å². The molecular formula is C9H18ClNO3S. The maximum absolute atomic E-state index is 11.8. The smallest absolute Gasteiger partial charge is 0.214 e. The number of hydrogen-bond donors (Lipinski definition) is 1. The molecule has 90 valence electrons. The Morgan fingerprint density at radius 1 is 1.47 bits per heavy atom. The summed E-state index contributed by atoms with van der Waals surface area (Å²) >= 11 is 5.48. The third kappa shape index (κ3) is 3.90. The predicted octanol–water partition coefficient (Wildman–Crippen LogP) is 0.649. The van der Waals surface area contributed by atoms with Crippen LogP contribution < -0.4 is 0 Å². The van der Waals surface area contributed by atoms with Gasteiger partial charge in [-0.05, 0) is 25.2 Å². The molecule has 0 radical (unpaired) electrons. The molecule has 0 aromatic carbocycles. The van der Waals surface area contributed by atoms with Crippen LogP contribution in [0.25, 0.3) is 0 Å². The minimum absolute atomic E-state index is 0.0710. The minimum atomic E-state index is -3.15. The van der Waals surface area contributed by atoms with Gasteiger partial charge in [0.15, 0.2) is 0 Å². The van der Waals surface area contributed by atoms with Gasteiger partial charge in [-0.25, -0.2) is 12.7 Å². The Morgan fingerprint density at radius 2 is 2.20 bits per heavy atom. The van der Waals surface area contributed by atoms with Crippen LogP contribution in [0.3, 0.4) is 0 Å². The van der Waals surface area contributed by atoms with E-state index in [1.807, 2.05) is 0 Å². The van der Waals surface area contributed by atoms with E-state index >= 15 is 0 Å². The second-order valence-corrected chi connectivity index (χ2v) is 6.37. The van der Waals surface area contributed by atoms with Gasteiger partial charge in [-0.3, -0.25) is 0 Å². The molecule has 1 atom stereocenters. The zero-order chi connectivity index (χ0) is 11.3. The fourth-order valence-electron chi connectivity index (χ4n) is 1.79. The van der Waals surface area contributed by atoms with Crippen molar-refractivity contribution in [2.24, 2.45) is 5.92 Å². The number of halogens is 1. The molecule has 15 heavy (non-hydrogen) atoms. The molecule has 0 aromatic rings. The monoisotopic (exact) mass is 255 g/mol. The average Bonchev–Trinajstić information content (AvgIpc) is 2.26. The zero-order valence-corrected chi connectivity index (χ0v) is 10.3. The summed E-state index contributed by atoms with van der Waals surface area (Å²) in [6.07, 6.45) is 2.24. The first-order chi connectivity index (χ1) is 7.10. The molecule has 1 aliphatic rings. The van der Waals surface area contributed by atoms with Gasteiger partial charge in [-0.2, -0.15) is 0 Å². The number of aliphatic hydroxyl groups is 1. The summed E-state index contributed by atoms with van der Waals surface area (Å²) in [6.45, 7) is 1.11. The first-order valence-corrected chi connectivity index (χ1v) is 7.39. The Hall–Kier alpha value is 0.160. The summed E-state index contributed by atoms with van der Waals surface area (Å²) in [5.41, 5.74) is 0. The van der Waals surface area contributed by atoms with Gasteiger partial charge in [0.05, 0.1) is 5.75 Å². The van der Waals surface area contributed by atoms with Crippen LogP contribution in [-0.2, 0) is 10.0 Å². The number of piperidine rings is 1. The molecule has 1 unspecified atom stereocenters. The fourth-order valence-corrected chi connectivity index (χ4v) is 3.70. The number of hydrogen-bond acceptors (Lipinski definition) is 3. The topological polar surface area (TPSA) is 57.6 Å². The van der Waals surface area contributed by atoms with Gasteiger partial charge in [0, 0.05) is 25.6 Å². The van der Waals surface area contributed by atoms with Crippen molar-refractivity contribution in [3.05, 3.63) is 0 Å². The highest BCUT2D eigenvalue weighted by Gasteiger charge is 2.27. The van der Waals surface area contributed by atoms with Gasteiger partial charge in [0.1, 0.15) is 0 Å². The first-order valence-electron chi connectivity index (χ1n) is 5.25. The number of nitrogens with zero attached hydrogens (tertiary/aromatic N) is 1. The number of aliphatic hydroxyl groups excluding tert-OH is 1. The fraction of sp³-hybridized carbons (Fsp3) is 1.00. The standard InChI is InChI=1S/C9H18ClNO3S/c10-4-2-6-15(13,14)11-5-1-3-9(7-11)8-12/h9,12H,1-8H2. The van der Waals surface area contributed by atoms with E-state index in [-0.39, 0.29) is 18.3 Å². The maximum atomic E-state index is 11.8. The van der Waals surface area contributed by atoms with Crippen molar-refractivity contribution >= 4 is 21.6 Å². The van der Waals surface area contributed by atoms with Crippen LogP contribution in [0, 0.1) is 5.92 Å². The lowest BCUT2D eigenvalue weighted by Gasteiger charge is -2.30. The van der Waals surface area contributed by atoms with Crippen molar-refractivity contribution in [1.82, 2.24) is 4.31 Å². The molecule has 1 rings (SSSR count). The van der Waals surface area contributed by atoms with Gasteiger partial charge >= 0.3 is 0 Å². The van der Waals surface area contributed by atoms with Gasteiger partial charge in [-0.1, -0.05) is 0 Å². The Kier molecular flexibility index (Phi) is 5.32. The van der Waals surface area contributed by atoms with Crippen LogP contribution in [-0.4, -0.2) is 49.2 Å². The van der Waals surface area contributed by atoms with Crippen molar-refractivity contribution in [2.45, 2.75) is 19.3 Å². The minimum Gasteiger partial charge on any atom is -0.396 e. The molecule has 0 bridgehead atoms. The molecule has 0 spiro atoms. The van der Waals surface area contributed by atoms with E-state index in [0.29, 0.717) is 25.4 Å². The van der Waals surface area contributed by atoms with Crippen LogP contribution in [0.1, 0.15) is 19.3 Å². The summed E-state index contributed by atoms with van der Waals surface area (Å²) in [7, 11) is -3.15. The van der Waals surface area contributed by atoms with E-state index in [2.05, 4.69) is 0 Å².